The quantitative estimate of drug-likeness (QED) is 0.502. The van der Waals surface area contributed by atoms with Gasteiger partial charge < -0.3 is 9.30 Å². The second-order valence-corrected chi connectivity index (χ2v) is 8.24. The normalized spacial score (nSPS) is 17.4. The third-order valence-corrected chi connectivity index (χ3v) is 6.23. The molecule has 2 aromatic carbocycles. The zero-order valence-electron chi connectivity index (χ0n) is 17.0. The first-order valence-electron chi connectivity index (χ1n) is 10.1. The van der Waals surface area contributed by atoms with Gasteiger partial charge in [0.15, 0.2) is 5.52 Å². The number of methoxy groups -OCH3 is 1. The molecule has 1 saturated heterocycles. The lowest BCUT2D eigenvalue weighted by atomic mass is 10.1. The molecule has 0 N–H and O–H groups in total. The predicted molar refractivity (Wildman–Crippen MR) is 120 cm³/mol. The van der Waals surface area contributed by atoms with Crippen LogP contribution in [0.15, 0.2) is 53.3 Å². The maximum atomic E-state index is 13.6. The van der Waals surface area contributed by atoms with Gasteiger partial charge in [-0.3, -0.25) is 14.3 Å². The van der Waals surface area contributed by atoms with E-state index in [9.17, 15) is 4.79 Å². The van der Waals surface area contributed by atoms with Gasteiger partial charge in [-0.15, -0.1) is 0 Å². The van der Waals surface area contributed by atoms with Gasteiger partial charge in [0.1, 0.15) is 5.82 Å². The molecule has 1 fully saturated rings. The number of rotatable bonds is 4. The van der Waals surface area contributed by atoms with Crippen molar-refractivity contribution in [3.8, 4) is 5.69 Å². The molecule has 0 saturated carbocycles. The zero-order chi connectivity index (χ0) is 20.8. The van der Waals surface area contributed by atoms with Crippen molar-refractivity contribution in [2.45, 2.75) is 19.1 Å². The summed E-state index contributed by atoms with van der Waals surface area (Å²) in [6.07, 6.45) is 1.28. The molecule has 7 heteroatoms. The van der Waals surface area contributed by atoms with Gasteiger partial charge in [0.2, 0.25) is 0 Å². The molecule has 2 aromatic heterocycles. The van der Waals surface area contributed by atoms with E-state index >= 15 is 0 Å². The SMILES string of the molecule is COC1CCN(Cc2nc3c(=O)n(-c4ccccc4)c4cc(Cl)ccc4c3n2C)C1. The number of hydrogen-bond donors (Lipinski definition) is 0. The number of para-hydroxylation sites is 1. The maximum Gasteiger partial charge on any atom is 0.283 e. The molecule has 0 radical (unpaired) electrons. The Bertz CT molecular complexity index is 1300. The summed E-state index contributed by atoms with van der Waals surface area (Å²) in [6, 6.07) is 15.3. The first kappa shape index (κ1) is 19.3. The van der Waals surface area contributed by atoms with Crippen LogP contribution in [0.1, 0.15) is 12.2 Å². The molecule has 1 unspecified atom stereocenters. The molecule has 30 heavy (non-hydrogen) atoms. The van der Waals surface area contributed by atoms with Crippen LogP contribution in [0.5, 0.6) is 0 Å². The van der Waals surface area contributed by atoms with Crippen molar-refractivity contribution in [2.75, 3.05) is 20.2 Å². The zero-order valence-corrected chi connectivity index (χ0v) is 17.8. The Balaban J connectivity index is 1.73. The number of pyridine rings is 1. The van der Waals surface area contributed by atoms with Gasteiger partial charge in [-0.25, -0.2) is 4.98 Å². The number of fused-ring (bicyclic) bond motifs is 3. The molecule has 1 atom stereocenters. The highest BCUT2D eigenvalue weighted by Gasteiger charge is 2.25. The molecular formula is C23H23ClN4O2. The standard InChI is InChI=1S/C23H23ClN4O2/c1-26-20(14-27-11-10-17(13-27)30-2)25-21-22(26)18-9-8-15(24)12-19(18)28(23(21)29)16-6-4-3-5-7-16/h3-9,12,17H,10-11,13-14H2,1-2H3. The molecule has 0 spiro atoms. The number of benzene rings is 2. The highest BCUT2D eigenvalue weighted by atomic mass is 35.5. The van der Waals surface area contributed by atoms with E-state index in [1.54, 1.807) is 11.7 Å². The van der Waals surface area contributed by atoms with Crippen LogP contribution in [-0.4, -0.2) is 45.3 Å². The van der Waals surface area contributed by atoms with Gasteiger partial charge in [-0.05, 0) is 36.8 Å². The molecule has 4 aromatic rings. The van der Waals surface area contributed by atoms with E-state index in [4.69, 9.17) is 21.3 Å². The molecule has 5 rings (SSSR count). The van der Waals surface area contributed by atoms with E-state index in [2.05, 4.69) is 4.90 Å². The fourth-order valence-electron chi connectivity index (χ4n) is 4.42. The molecule has 0 aliphatic carbocycles. The molecule has 154 valence electrons. The number of aryl methyl sites for hydroxylation is 1. The Morgan fingerprint density at radius 1 is 1.20 bits per heavy atom. The summed E-state index contributed by atoms with van der Waals surface area (Å²) in [4.78, 5) is 20.7. The number of nitrogens with zero attached hydrogens (tertiary/aromatic N) is 4. The van der Waals surface area contributed by atoms with Gasteiger partial charge in [0.05, 0.1) is 23.7 Å². The van der Waals surface area contributed by atoms with Crippen LogP contribution in [0.2, 0.25) is 5.02 Å². The summed E-state index contributed by atoms with van der Waals surface area (Å²) in [5, 5.41) is 1.55. The number of aromatic nitrogens is 3. The van der Waals surface area contributed by atoms with Gasteiger partial charge >= 0.3 is 0 Å². The van der Waals surface area contributed by atoms with Crippen LogP contribution in [0.4, 0.5) is 0 Å². The number of ether oxygens (including phenoxy) is 1. The first-order valence-corrected chi connectivity index (χ1v) is 10.4. The Morgan fingerprint density at radius 3 is 2.73 bits per heavy atom. The third kappa shape index (κ3) is 3.12. The number of hydrogen-bond acceptors (Lipinski definition) is 4. The van der Waals surface area contributed by atoms with E-state index < -0.39 is 0 Å². The fraction of sp³-hybridized carbons (Fsp3) is 0.304. The van der Waals surface area contributed by atoms with Gasteiger partial charge in [-0.1, -0.05) is 29.8 Å². The van der Waals surface area contributed by atoms with Crippen molar-refractivity contribution in [2.24, 2.45) is 7.05 Å². The molecular weight excluding hydrogens is 400 g/mol. The third-order valence-electron chi connectivity index (χ3n) is 5.99. The summed E-state index contributed by atoms with van der Waals surface area (Å²) in [5.74, 6) is 0.876. The Morgan fingerprint density at radius 2 is 2.00 bits per heavy atom. The van der Waals surface area contributed by atoms with Crippen LogP contribution in [0.3, 0.4) is 0 Å². The minimum Gasteiger partial charge on any atom is -0.380 e. The molecule has 0 amide bonds. The van der Waals surface area contributed by atoms with Gasteiger partial charge in [0.25, 0.3) is 5.56 Å². The monoisotopic (exact) mass is 422 g/mol. The van der Waals surface area contributed by atoms with Crippen LogP contribution in [-0.2, 0) is 18.3 Å². The lowest BCUT2D eigenvalue weighted by molar-refractivity contribution is 0.107. The Labute approximate surface area is 179 Å². The second kappa shape index (κ2) is 7.54. The van der Waals surface area contributed by atoms with E-state index in [1.807, 2.05) is 60.1 Å². The van der Waals surface area contributed by atoms with Crippen molar-refractivity contribution in [1.82, 2.24) is 19.0 Å². The van der Waals surface area contributed by atoms with E-state index in [0.717, 1.165) is 47.4 Å². The summed E-state index contributed by atoms with van der Waals surface area (Å²) in [7, 11) is 3.74. The fourth-order valence-corrected chi connectivity index (χ4v) is 4.58. The summed E-state index contributed by atoms with van der Waals surface area (Å²) < 4.78 is 9.24. The number of likely N-dealkylation sites (tertiary alicyclic amines) is 1. The maximum absolute atomic E-state index is 13.6. The largest absolute Gasteiger partial charge is 0.380 e. The Kier molecular flexibility index (Phi) is 4.85. The van der Waals surface area contributed by atoms with Crippen LogP contribution >= 0.6 is 11.6 Å². The number of imidazole rings is 1. The highest BCUT2D eigenvalue weighted by molar-refractivity contribution is 6.31. The topological polar surface area (TPSA) is 52.3 Å². The minimum atomic E-state index is -0.135. The molecule has 6 nitrogen and oxygen atoms in total. The lowest BCUT2D eigenvalue weighted by Gasteiger charge is -2.15. The number of halogens is 1. The average molecular weight is 423 g/mol. The Hall–Kier alpha value is -2.67. The molecule has 0 bridgehead atoms. The van der Waals surface area contributed by atoms with Crippen molar-refractivity contribution >= 4 is 33.5 Å². The molecule has 1 aliphatic heterocycles. The molecule has 3 heterocycles. The van der Waals surface area contributed by atoms with E-state index in [0.29, 0.717) is 17.1 Å². The minimum absolute atomic E-state index is 0.135. The smallest absolute Gasteiger partial charge is 0.283 e. The van der Waals surface area contributed by atoms with Crippen LogP contribution in [0, 0.1) is 0 Å². The summed E-state index contributed by atoms with van der Waals surface area (Å²) in [5.41, 5.74) is 2.77. The van der Waals surface area contributed by atoms with Gasteiger partial charge in [-0.2, -0.15) is 0 Å². The second-order valence-electron chi connectivity index (χ2n) is 7.80. The van der Waals surface area contributed by atoms with Crippen LogP contribution < -0.4 is 5.56 Å². The van der Waals surface area contributed by atoms with Crippen molar-refractivity contribution in [1.29, 1.82) is 0 Å². The summed E-state index contributed by atoms with van der Waals surface area (Å²) >= 11 is 6.31. The van der Waals surface area contributed by atoms with Crippen LogP contribution in [0.25, 0.3) is 27.6 Å². The summed E-state index contributed by atoms with van der Waals surface area (Å²) in [6.45, 7) is 2.53. The van der Waals surface area contributed by atoms with Gasteiger partial charge in [0, 0.05) is 43.3 Å². The van der Waals surface area contributed by atoms with E-state index in [-0.39, 0.29) is 11.7 Å². The van der Waals surface area contributed by atoms with Crippen molar-refractivity contribution in [3.05, 3.63) is 69.7 Å². The highest BCUT2D eigenvalue weighted by Crippen LogP contribution is 2.28. The lowest BCUT2D eigenvalue weighted by Crippen LogP contribution is -2.24. The average Bonchev–Trinajstić information content (AvgIpc) is 3.34. The predicted octanol–water partition coefficient (Wildman–Crippen LogP) is 3.75. The van der Waals surface area contributed by atoms with Crippen molar-refractivity contribution in [3.63, 3.8) is 0 Å². The van der Waals surface area contributed by atoms with Crippen molar-refractivity contribution < 1.29 is 4.74 Å². The first-order chi connectivity index (χ1) is 14.6. The molecule has 1 aliphatic rings. The van der Waals surface area contributed by atoms with E-state index in [1.165, 1.54) is 0 Å².